The minimum absolute atomic E-state index is 0.255. The second-order valence-electron chi connectivity index (χ2n) is 3.99. The minimum atomic E-state index is -0.255. The Bertz CT molecular complexity index is 606. The number of hydrogen-bond acceptors (Lipinski definition) is 3. The predicted molar refractivity (Wildman–Crippen MR) is 71.8 cm³/mol. The van der Waals surface area contributed by atoms with Crippen LogP contribution in [0.1, 0.15) is 16.1 Å². The number of amides is 1. The zero-order chi connectivity index (χ0) is 13.3. The van der Waals surface area contributed by atoms with Crippen molar-refractivity contribution in [3.8, 4) is 0 Å². The van der Waals surface area contributed by atoms with Crippen LogP contribution in [0.2, 0.25) is 5.02 Å². The van der Waals surface area contributed by atoms with E-state index in [0.717, 1.165) is 0 Å². The lowest BCUT2D eigenvalue weighted by Crippen LogP contribution is -2.13. The number of hydrogen-bond donors (Lipinski definition) is 2. The van der Waals surface area contributed by atoms with E-state index in [9.17, 15) is 4.79 Å². The smallest absolute Gasteiger partial charge is 0.259 e. The lowest BCUT2D eigenvalue weighted by Gasteiger charge is -2.07. The van der Waals surface area contributed by atoms with E-state index in [1.165, 1.54) is 0 Å². The normalized spacial score (nSPS) is 10.4. The SMILES string of the molecule is Cc1nn(C)cc1C(=O)Nc1cc(Cl)ccc1N. The van der Waals surface area contributed by atoms with Crippen molar-refractivity contribution in [2.45, 2.75) is 6.92 Å². The maximum atomic E-state index is 12.0. The molecule has 0 radical (unpaired) electrons. The molecule has 0 bridgehead atoms. The number of anilines is 2. The molecule has 3 N–H and O–H groups in total. The summed E-state index contributed by atoms with van der Waals surface area (Å²) in [4.78, 5) is 12.0. The highest BCUT2D eigenvalue weighted by molar-refractivity contribution is 6.31. The molecule has 0 aliphatic carbocycles. The van der Waals surface area contributed by atoms with E-state index in [1.807, 2.05) is 0 Å². The van der Waals surface area contributed by atoms with Gasteiger partial charge in [-0.2, -0.15) is 5.10 Å². The summed E-state index contributed by atoms with van der Waals surface area (Å²) in [6, 6.07) is 4.93. The van der Waals surface area contributed by atoms with Crippen LogP contribution < -0.4 is 11.1 Å². The van der Waals surface area contributed by atoms with Crippen molar-refractivity contribution in [3.63, 3.8) is 0 Å². The number of carbonyl (C=O) groups excluding carboxylic acids is 1. The summed E-state index contributed by atoms with van der Waals surface area (Å²) in [5.41, 5.74) is 7.90. The van der Waals surface area contributed by atoms with E-state index in [0.29, 0.717) is 27.7 Å². The van der Waals surface area contributed by atoms with Gasteiger partial charge in [-0.1, -0.05) is 11.6 Å². The van der Waals surface area contributed by atoms with Crippen LogP contribution in [0.5, 0.6) is 0 Å². The van der Waals surface area contributed by atoms with Crippen LogP contribution in [0.15, 0.2) is 24.4 Å². The first-order chi connectivity index (χ1) is 8.47. The molecule has 0 saturated heterocycles. The third kappa shape index (κ3) is 2.46. The number of benzene rings is 1. The van der Waals surface area contributed by atoms with Gasteiger partial charge in [0.25, 0.3) is 5.91 Å². The molecule has 5 nitrogen and oxygen atoms in total. The second kappa shape index (κ2) is 4.70. The molecule has 0 fully saturated rings. The van der Waals surface area contributed by atoms with Gasteiger partial charge in [-0.3, -0.25) is 9.48 Å². The van der Waals surface area contributed by atoms with Crippen molar-refractivity contribution in [3.05, 3.63) is 40.7 Å². The zero-order valence-electron chi connectivity index (χ0n) is 10.1. The molecule has 1 heterocycles. The largest absolute Gasteiger partial charge is 0.397 e. The molecule has 18 heavy (non-hydrogen) atoms. The Balaban J connectivity index is 2.26. The monoisotopic (exact) mass is 264 g/mol. The Morgan fingerprint density at radius 1 is 1.50 bits per heavy atom. The number of nitrogens with zero attached hydrogens (tertiary/aromatic N) is 2. The van der Waals surface area contributed by atoms with Gasteiger partial charge >= 0.3 is 0 Å². The summed E-state index contributed by atoms with van der Waals surface area (Å²) in [6.45, 7) is 1.77. The first-order valence-corrected chi connectivity index (χ1v) is 5.72. The van der Waals surface area contributed by atoms with E-state index < -0.39 is 0 Å². The van der Waals surface area contributed by atoms with Gasteiger partial charge in [0, 0.05) is 18.3 Å². The van der Waals surface area contributed by atoms with Gasteiger partial charge in [0.05, 0.1) is 22.6 Å². The maximum Gasteiger partial charge on any atom is 0.259 e. The summed E-state index contributed by atoms with van der Waals surface area (Å²) in [7, 11) is 1.76. The summed E-state index contributed by atoms with van der Waals surface area (Å²) in [5.74, 6) is -0.255. The molecule has 94 valence electrons. The fourth-order valence-electron chi connectivity index (χ4n) is 1.65. The highest BCUT2D eigenvalue weighted by Crippen LogP contribution is 2.23. The molecule has 0 aliphatic rings. The van der Waals surface area contributed by atoms with Crippen LogP contribution in [0.4, 0.5) is 11.4 Å². The fourth-order valence-corrected chi connectivity index (χ4v) is 1.82. The predicted octanol–water partition coefficient (Wildman–Crippen LogP) is 2.22. The fraction of sp³-hybridized carbons (Fsp3) is 0.167. The summed E-state index contributed by atoms with van der Waals surface area (Å²) < 4.78 is 1.59. The molecule has 0 atom stereocenters. The van der Waals surface area contributed by atoms with Crippen molar-refractivity contribution in [2.75, 3.05) is 11.1 Å². The number of rotatable bonds is 2. The third-order valence-electron chi connectivity index (χ3n) is 2.52. The van der Waals surface area contributed by atoms with E-state index in [4.69, 9.17) is 17.3 Å². The Hall–Kier alpha value is -2.01. The first-order valence-electron chi connectivity index (χ1n) is 5.34. The second-order valence-corrected chi connectivity index (χ2v) is 4.42. The number of nitrogens with two attached hydrogens (primary N) is 1. The van der Waals surface area contributed by atoms with Gasteiger partial charge in [0.2, 0.25) is 0 Å². The Morgan fingerprint density at radius 2 is 2.22 bits per heavy atom. The quantitative estimate of drug-likeness (QED) is 0.817. The van der Waals surface area contributed by atoms with Crippen molar-refractivity contribution in [1.82, 2.24) is 9.78 Å². The number of halogens is 1. The molecule has 0 spiro atoms. The molecular weight excluding hydrogens is 252 g/mol. The van der Waals surface area contributed by atoms with E-state index in [-0.39, 0.29) is 5.91 Å². The summed E-state index contributed by atoms with van der Waals surface area (Å²) >= 11 is 5.86. The number of nitrogens with one attached hydrogen (secondary N) is 1. The Morgan fingerprint density at radius 3 is 2.83 bits per heavy atom. The van der Waals surface area contributed by atoms with Gasteiger partial charge in [-0.15, -0.1) is 0 Å². The summed E-state index contributed by atoms with van der Waals surface area (Å²) in [6.07, 6.45) is 1.66. The highest BCUT2D eigenvalue weighted by atomic mass is 35.5. The molecule has 1 aromatic heterocycles. The van der Waals surface area contributed by atoms with Crippen LogP contribution in [0, 0.1) is 6.92 Å². The zero-order valence-corrected chi connectivity index (χ0v) is 10.8. The third-order valence-corrected chi connectivity index (χ3v) is 2.76. The van der Waals surface area contributed by atoms with E-state index >= 15 is 0 Å². The Labute approximate surface area is 110 Å². The lowest BCUT2D eigenvalue weighted by atomic mass is 10.2. The van der Waals surface area contributed by atoms with Crippen LogP contribution >= 0.6 is 11.6 Å². The standard InChI is InChI=1S/C12H13ClN4O/c1-7-9(6-17(2)16-7)12(18)15-11-5-8(13)3-4-10(11)14/h3-6H,14H2,1-2H3,(H,15,18). The molecule has 0 aliphatic heterocycles. The minimum Gasteiger partial charge on any atom is -0.397 e. The van der Waals surface area contributed by atoms with Gasteiger partial charge in [0.15, 0.2) is 0 Å². The van der Waals surface area contributed by atoms with Crippen molar-refractivity contribution >= 4 is 28.9 Å². The van der Waals surface area contributed by atoms with Crippen LogP contribution in [0.25, 0.3) is 0 Å². The van der Waals surface area contributed by atoms with Crippen molar-refractivity contribution < 1.29 is 4.79 Å². The highest BCUT2D eigenvalue weighted by Gasteiger charge is 2.13. The van der Waals surface area contributed by atoms with Crippen LogP contribution in [0.3, 0.4) is 0 Å². The molecule has 1 amide bonds. The number of aryl methyl sites for hydroxylation is 2. The number of carbonyl (C=O) groups is 1. The van der Waals surface area contributed by atoms with Gasteiger partial charge in [-0.05, 0) is 25.1 Å². The van der Waals surface area contributed by atoms with Gasteiger partial charge < -0.3 is 11.1 Å². The van der Waals surface area contributed by atoms with Crippen LogP contribution in [-0.2, 0) is 7.05 Å². The van der Waals surface area contributed by atoms with Crippen molar-refractivity contribution in [1.29, 1.82) is 0 Å². The molecule has 1 aromatic carbocycles. The van der Waals surface area contributed by atoms with Crippen LogP contribution in [-0.4, -0.2) is 15.7 Å². The molecular formula is C12H13ClN4O. The molecule has 2 aromatic rings. The molecule has 0 saturated carbocycles. The topological polar surface area (TPSA) is 72.9 Å². The molecule has 2 rings (SSSR count). The van der Waals surface area contributed by atoms with Gasteiger partial charge in [-0.25, -0.2) is 0 Å². The maximum absolute atomic E-state index is 12.0. The Kier molecular flexibility index (Phi) is 3.25. The first kappa shape index (κ1) is 12.4. The van der Waals surface area contributed by atoms with Crippen molar-refractivity contribution in [2.24, 2.45) is 7.05 Å². The number of aromatic nitrogens is 2. The molecule has 6 heteroatoms. The number of nitrogen functional groups attached to an aromatic ring is 1. The molecule has 0 unspecified atom stereocenters. The lowest BCUT2D eigenvalue weighted by molar-refractivity contribution is 0.102. The summed E-state index contributed by atoms with van der Waals surface area (Å²) in [5, 5.41) is 7.35. The van der Waals surface area contributed by atoms with E-state index in [2.05, 4.69) is 10.4 Å². The van der Waals surface area contributed by atoms with E-state index in [1.54, 1.807) is 43.0 Å². The average Bonchev–Trinajstić information content (AvgIpc) is 2.63. The average molecular weight is 265 g/mol. The van der Waals surface area contributed by atoms with Gasteiger partial charge in [0.1, 0.15) is 0 Å².